The number of rotatable bonds is 8. The van der Waals surface area contributed by atoms with Crippen molar-refractivity contribution in [1.82, 2.24) is 5.32 Å². The number of hydrogen-bond donors (Lipinski definition) is 2. The van der Waals surface area contributed by atoms with Crippen molar-refractivity contribution in [3.63, 3.8) is 0 Å². The van der Waals surface area contributed by atoms with E-state index in [1.165, 1.54) is 0 Å². The summed E-state index contributed by atoms with van der Waals surface area (Å²) in [6, 6.07) is 7.48. The van der Waals surface area contributed by atoms with E-state index in [0.717, 1.165) is 11.3 Å². The molecule has 0 aliphatic rings. The van der Waals surface area contributed by atoms with Crippen molar-refractivity contribution in [2.45, 2.75) is 32.5 Å². The highest BCUT2D eigenvalue weighted by molar-refractivity contribution is 5.29. The van der Waals surface area contributed by atoms with Crippen molar-refractivity contribution in [3.05, 3.63) is 29.8 Å². The number of hydrogen-bond acceptors (Lipinski definition) is 4. The lowest BCUT2D eigenvalue weighted by atomic mass is 10.1. The molecule has 2 N–H and O–H groups in total. The first-order valence-electron chi connectivity index (χ1n) is 6.65. The van der Waals surface area contributed by atoms with Gasteiger partial charge in [-0.25, -0.2) is 0 Å². The van der Waals surface area contributed by atoms with Gasteiger partial charge in [0.15, 0.2) is 0 Å². The highest BCUT2D eigenvalue weighted by Gasteiger charge is 2.17. The van der Waals surface area contributed by atoms with Crippen molar-refractivity contribution in [2.75, 3.05) is 26.8 Å². The molecular weight excluding hydrogens is 242 g/mol. The Morgan fingerprint density at radius 1 is 1.37 bits per heavy atom. The second-order valence-corrected chi connectivity index (χ2v) is 5.12. The molecule has 0 aliphatic carbocycles. The van der Waals surface area contributed by atoms with Gasteiger partial charge in [-0.15, -0.1) is 0 Å². The maximum absolute atomic E-state index is 10.1. The van der Waals surface area contributed by atoms with Gasteiger partial charge in [0.1, 0.15) is 5.75 Å². The number of ether oxygens (including phenoxy) is 2. The average molecular weight is 267 g/mol. The van der Waals surface area contributed by atoms with Gasteiger partial charge in [0, 0.05) is 19.7 Å². The Labute approximate surface area is 115 Å². The topological polar surface area (TPSA) is 50.7 Å². The van der Waals surface area contributed by atoms with Crippen LogP contribution >= 0.6 is 0 Å². The molecule has 4 nitrogen and oxygen atoms in total. The van der Waals surface area contributed by atoms with E-state index in [1.54, 1.807) is 7.11 Å². The van der Waals surface area contributed by atoms with Crippen LogP contribution in [0.2, 0.25) is 0 Å². The summed E-state index contributed by atoms with van der Waals surface area (Å²) in [7, 11) is 1.62. The molecule has 0 bridgehead atoms. The van der Waals surface area contributed by atoms with Crippen LogP contribution in [-0.4, -0.2) is 37.5 Å². The minimum absolute atomic E-state index is 0.219. The van der Waals surface area contributed by atoms with E-state index in [-0.39, 0.29) is 5.60 Å². The predicted octanol–water partition coefficient (Wildman–Crippen LogP) is 2.13. The number of aliphatic hydroxyl groups excluding tert-OH is 1. The lowest BCUT2D eigenvalue weighted by molar-refractivity contribution is -0.0104. The van der Waals surface area contributed by atoms with Gasteiger partial charge in [-0.1, -0.05) is 12.1 Å². The molecule has 4 heteroatoms. The van der Waals surface area contributed by atoms with Crippen LogP contribution in [0, 0.1) is 0 Å². The zero-order valence-electron chi connectivity index (χ0n) is 12.3. The molecule has 0 saturated heterocycles. The zero-order valence-corrected chi connectivity index (χ0v) is 12.3. The summed E-state index contributed by atoms with van der Waals surface area (Å²) in [6.45, 7) is 7.91. The number of methoxy groups -OCH3 is 1. The third-order valence-corrected chi connectivity index (χ3v) is 2.90. The Bertz CT molecular complexity index is 379. The van der Waals surface area contributed by atoms with E-state index in [2.05, 4.69) is 5.32 Å². The molecule has 1 rings (SSSR count). The Morgan fingerprint density at radius 2 is 2.11 bits per heavy atom. The summed E-state index contributed by atoms with van der Waals surface area (Å²) in [5.41, 5.74) is 0.629. The third-order valence-electron chi connectivity index (χ3n) is 2.90. The molecule has 0 saturated carbocycles. The SMILES string of the molecule is CCOC(C)(C)CNCC(O)c1cccc(OC)c1. The predicted molar refractivity (Wildman–Crippen MR) is 76.5 cm³/mol. The van der Waals surface area contributed by atoms with Crippen LogP contribution in [0.4, 0.5) is 0 Å². The first-order valence-corrected chi connectivity index (χ1v) is 6.65. The zero-order chi connectivity index (χ0) is 14.3. The van der Waals surface area contributed by atoms with Gasteiger partial charge < -0.3 is 19.9 Å². The maximum atomic E-state index is 10.1. The second-order valence-electron chi connectivity index (χ2n) is 5.12. The van der Waals surface area contributed by atoms with Crippen LogP contribution in [-0.2, 0) is 4.74 Å². The lowest BCUT2D eigenvalue weighted by Gasteiger charge is -2.25. The van der Waals surface area contributed by atoms with Gasteiger partial charge in [0.25, 0.3) is 0 Å². The lowest BCUT2D eigenvalue weighted by Crippen LogP contribution is -2.39. The minimum atomic E-state index is -0.549. The molecule has 19 heavy (non-hydrogen) atoms. The first-order chi connectivity index (χ1) is 8.98. The Hall–Kier alpha value is -1.10. The molecule has 0 amide bonds. The molecule has 0 aromatic heterocycles. The van der Waals surface area contributed by atoms with Crippen LogP contribution in [0.1, 0.15) is 32.4 Å². The molecule has 108 valence electrons. The normalized spacial score (nSPS) is 13.3. The third kappa shape index (κ3) is 5.59. The molecule has 0 heterocycles. The Kier molecular flexibility index (Phi) is 6.28. The van der Waals surface area contributed by atoms with E-state index in [0.29, 0.717) is 19.7 Å². The molecule has 1 atom stereocenters. The minimum Gasteiger partial charge on any atom is -0.497 e. The van der Waals surface area contributed by atoms with Gasteiger partial charge in [-0.3, -0.25) is 0 Å². The summed E-state index contributed by atoms with van der Waals surface area (Å²) < 4.78 is 10.7. The molecule has 0 spiro atoms. The molecular formula is C15H25NO3. The van der Waals surface area contributed by atoms with Gasteiger partial charge in [0.2, 0.25) is 0 Å². The van der Waals surface area contributed by atoms with Crippen LogP contribution in [0.15, 0.2) is 24.3 Å². The van der Waals surface area contributed by atoms with Gasteiger partial charge in [0.05, 0.1) is 18.8 Å². The van der Waals surface area contributed by atoms with E-state index in [4.69, 9.17) is 9.47 Å². The molecule has 1 aromatic carbocycles. The van der Waals surface area contributed by atoms with Crippen molar-refractivity contribution in [2.24, 2.45) is 0 Å². The van der Waals surface area contributed by atoms with Crippen LogP contribution in [0.5, 0.6) is 5.75 Å². The molecule has 0 radical (unpaired) electrons. The highest BCUT2D eigenvalue weighted by atomic mass is 16.5. The Balaban J connectivity index is 2.44. The standard InChI is InChI=1S/C15H25NO3/c1-5-19-15(2,3)11-16-10-14(17)12-7-6-8-13(9-12)18-4/h6-9,14,16-17H,5,10-11H2,1-4H3. The average Bonchev–Trinajstić information content (AvgIpc) is 2.38. The van der Waals surface area contributed by atoms with E-state index >= 15 is 0 Å². The molecule has 0 aliphatic heterocycles. The summed E-state index contributed by atoms with van der Waals surface area (Å²) in [5, 5.41) is 13.3. The van der Waals surface area contributed by atoms with Crippen molar-refractivity contribution in [1.29, 1.82) is 0 Å². The summed E-state index contributed by atoms with van der Waals surface area (Å²) >= 11 is 0. The van der Waals surface area contributed by atoms with Crippen LogP contribution in [0.25, 0.3) is 0 Å². The van der Waals surface area contributed by atoms with E-state index < -0.39 is 6.10 Å². The fourth-order valence-corrected chi connectivity index (χ4v) is 1.92. The van der Waals surface area contributed by atoms with E-state index in [1.807, 2.05) is 45.0 Å². The van der Waals surface area contributed by atoms with Crippen molar-refractivity contribution in [3.8, 4) is 5.75 Å². The van der Waals surface area contributed by atoms with Crippen LogP contribution < -0.4 is 10.1 Å². The summed E-state index contributed by atoms with van der Waals surface area (Å²) in [4.78, 5) is 0. The smallest absolute Gasteiger partial charge is 0.119 e. The summed E-state index contributed by atoms with van der Waals surface area (Å²) in [6.07, 6.45) is -0.549. The molecule has 0 fully saturated rings. The maximum Gasteiger partial charge on any atom is 0.119 e. The first kappa shape index (κ1) is 16.0. The fraction of sp³-hybridized carbons (Fsp3) is 0.600. The van der Waals surface area contributed by atoms with Gasteiger partial charge in [-0.05, 0) is 38.5 Å². The monoisotopic (exact) mass is 267 g/mol. The Morgan fingerprint density at radius 3 is 2.74 bits per heavy atom. The quantitative estimate of drug-likeness (QED) is 0.757. The van der Waals surface area contributed by atoms with Gasteiger partial charge in [-0.2, -0.15) is 0 Å². The van der Waals surface area contributed by atoms with Gasteiger partial charge >= 0.3 is 0 Å². The summed E-state index contributed by atoms with van der Waals surface area (Å²) in [5.74, 6) is 0.756. The number of nitrogens with one attached hydrogen (secondary N) is 1. The second kappa shape index (κ2) is 7.48. The fourth-order valence-electron chi connectivity index (χ4n) is 1.92. The van der Waals surface area contributed by atoms with Crippen LogP contribution in [0.3, 0.4) is 0 Å². The number of aliphatic hydroxyl groups is 1. The molecule has 1 aromatic rings. The highest BCUT2D eigenvalue weighted by Crippen LogP contribution is 2.18. The van der Waals surface area contributed by atoms with Crippen molar-refractivity contribution < 1.29 is 14.6 Å². The van der Waals surface area contributed by atoms with E-state index in [9.17, 15) is 5.11 Å². The largest absolute Gasteiger partial charge is 0.497 e. The molecule has 1 unspecified atom stereocenters. The number of benzene rings is 1. The van der Waals surface area contributed by atoms with Crippen molar-refractivity contribution >= 4 is 0 Å².